The van der Waals surface area contributed by atoms with Crippen LogP contribution in [0.2, 0.25) is 5.02 Å². The molecular formula is C30H29ClF5N5OS2. The molecule has 234 valence electrons. The van der Waals surface area contributed by atoms with E-state index < -0.39 is 41.8 Å². The molecule has 2 aromatic carbocycles. The number of aromatic nitrogens is 3. The Morgan fingerprint density at radius 2 is 1.75 bits per heavy atom. The highest BCUT2D eigenvalue weighted by molar-refractivity contribution is 8.00. The van der Waals surface area contributed by atoms with Crippen LogP contribution >= 0.6 is 23.4 Å². The molecule has 0 aliphatic heterocycles. The van der Waals surface area contributed by atoms with Crippen molar-refractivity contribution in [2.75, 3.05) is 24.3 Å². The first-order chi connectivity index (χ1) is 20.6. The number of alkyl halides is 3. The first-order valence-electron chi connectivity index (χ1n) is 13.2. The van der Waals surface area contributed by atoms with Crippen molar-refractivity contribution in [2.45, 2.75) is 43.8 Å². The summed E-state index contributed by atoms with van der Waals surface area (Å²) >= 11 is 6.38. The molecular weight excluding hydrogens is 641 g/mol. The van der Waals surface area contributed by atoms with E-state index in [1.807, 2.05) is 20.1 Å². The van der Waals surface area contributed by atoms with Gasteiger partial charge in [-0.1, -0.05) is 23.6 Å². The Labute approximate surface area is 264 Å². The molecule has 0 spiro atoms. The number of thioether (sulfide) groups is 1. The standard InChI is InChI=1S/C30H29ClF5N5OS2/c1-29(2,43-4)11-10-20-6-7-21(26(38-20)24(37-3)14-17-12-18(32)15-19(33)13-17)22-8-9-23(31)25-27(22)41(16-30(34,35)36)39-28(25)40-44(5)42/h6-9,12-13,15,24,37H,14,16H2,1-5H3,(H,39,40). The summed E-state index contributed by atoms with van der Waals surface area (Å²) in [5.41, 5.74) is 1.89. The van der Waals surface area contributed by atoms with E-state index in [4.69, 9.17) is 16.6 Å². The van der Waals surface area contributed by atoms with Crippen LogP contribution in [0.25, 0.3) is 22.0 Å². The summed E-state index contributed by atoms with van der Waals surface area (Å²) in [6.07, 6.45) is -1.29. The maximum atomic E-state index is 14.1. The maximum absolute atomic E-state index is 14.1. The minimum Gasteiger partial charge on any atom is -0.593 e. The van der Waals surface area contributed by atoms with Crippen LogP contribution < -0.4 is 10.0 Å². The number of benzene rings is 2. The van der Waals surface area contributed by atoms with Gasteiger partial charge in [-0.05, 0) is 75.4 Å². The third-order valence-corrected chi connectivity index (χ3v) is 8.59. The zero-order chi connectivity index (χ0) is 32.4. The number of nitrogens with zero attached hydrogens (tertiary/aromatic N) is 3. The number of nitrogens with one attached hydrogen (secondary N) is 2. The normalized spacial score (nSPS) is 13.5. The second kappa shape index (κ2) is 13.5. The Kier molecular flexibility index (Phi) is 10.4. The predicted molar refractivity (Wildman–Crippen MR) is 168 cm³/mol. The van der Waals surface area contributed by atoms with Crippen molar-refractivity contribution >= 4 is 51.4 Å². The molecule has 2 aromatic heterocycles. The third kappa shape index (κ3) is 8.17. The summed E-state index contributed by atoms with van der Waals surface area (Å²) in [5, 5.41) is 7.47. The predicted octanol–water partition coefficient (Wildman–Crippen LogP) is 7.29. The lowest BCUT2D eigenvalue weighted by Crippen LogP contribution is -2.22. The van der Waals surface area contributed by atoms with Gasteiger partial charge < -0.3 is 9.87 Å². The van der Waals surface area contributed by atoms with Gasteiger partial charge in [-0.3, -0.25) is 4.68 Å². The summed E-state index contributed by atoms with van der Waals surface area (Å²) in [6.45, 7) is 2.47. The van der Waals surface area contributed by atoms with Gasteiger partial charge in [-0.2, -0.15) is 17.9 Å². The average Bonchev–Trinajstić information content (AvgIpc) is 3.26. The van der Waals surface area contributed by atoms with E-state index in [9.17, 15) is 26.5 Å². The van der Waals surface area contributed by atoms with Crippen LogP contribution in [0.1, 0.15) is 36.8 Å². The largest absolute Gasteiger partial charge is 0.593 e. The smallest absolute Gasteiger partial charge is 0.408 e. The van der Waals surface area contributed by atoms with Crippen molar-refractivity contribution in [2.24, 2.45) is 0 Å². The van der Waals surface area contributed by atoms with Gasteiger partial charge in [-0.15, -0.1) is 16.9 Å². The van der Waals surface area contributed by atoms with Gasteiger partial charge in [0.05, 0.1) is 43.8 Å². The Morgan fingerprint density at radius 1 is 1.09 bits per heavy atom. The number of pyridine rings is 1. The third-order valence-electron chi connectivity index (χ3n) is 6.67. The number of fused-ring (bicyclic) bond motifs is 1. The highest BCUT2D eigenvalue weighted by Gasteiger charge is 2.32. The van der Waals surface area contributed by atoms with Crippen molar-refractivity contribution in [1.29, 1.82) is 0 Å². The van der Waals surface area contributed by atoms with E-state index in [2.05, 4.69) is 27.0 Å². The highest BCUT2D eigenvalue weighted by Crippen LogP contribution is 2.41. The van der Waals surface area contributed by atoms with Gasteiger partial charge in [0.15, 0.2) is 0 Å². The van der Waals surface area contributed by atoms with Crippen molar-refractivity contribution in [3.8, 4) is 23.0 Å². The molecule has 4 aromatic rings. The van der Waals surface area contributed by atoms with Crippen molar-refractivity contribution < 1.29 is 26.5 Å². The summed E-state index contributed by atoms with van der Waals surface area (Å²) in [7, 11) is 1.64. The van der Waals surface area contributed by atoms with E-state index >= 15 is 0 Å². The molecule has 2 atom stereocenters. The molecule has 14 heteroatoms. The van der Waals surface area contributed by atoms with Gasteiger partial charge in [0.1, 0.15) is 30.1 Å². The molecule has 0 aliphatic rings. The fourth-order valence-electron chi connectivity index (χ4n) is 4.59. The lowest BCUT2D eigenvalue weighted by Gasteiger charge is -2.21. The summed E-state index contributed by atoms with van der Waals surface area (Å²) < 4.78 is 84.4. The zero-order valence-corrected chi connectivity index (χ0v) is 26.8. The first kappa shape index (κ1) is 33.9. The molecule has 0 bridgehead atoms. The van der Waals surface area contributed by atoms with Crippen molar-refractivity contribution in [1.82, 2.24) is 20.1 Å². The maximum Gasteiger partial charge on any atom is 0.408 e. The SMILES string of the molecule is CNC(Cc1cc(F)cc(F)c1)c1nc(C#CC(C)(C)SC)ccc1-c1ccc(Cl)c2c(N[S+](C)[O-])nn(CC(F)(F)F)c12. The molecule has 2 heterocycles. The molecule has 4 rings (SSSR count). The molecule has 0 radical (unpaired) electrons. The fourth-order valence-corrected chi connectivity index (χ4v) is 5.40. The van der Waals surface area contributed by atoms with Crippen molar-refractivity contribution in [3.63, 3.8) is 0 Å². The fraction of sp³-hybridized carbons (Fsp3) is 0.333. The number of hydrogen-bond donors (Lipinski definition) is 2. The number of halogens is 6. The first-order valence-corrected chi connectivity index (χ1v) is 16.3. The summed E-state index contributed by atoms with van der Waals surface area (Å²) in [4.78, 5) is 4.81. The van der Waals surface area contributed by atoms with Crippen molar-refractivity contribution in [3.05, 3.63) is 76.1 Å². The van der Waals surface area contributed by atoms with Gasteiger partial charge in [0, 0.05) is 17.2 Å². The van der Waals surface area contributed by atoms with E-state index in [1.165, 1.54) is 24.5 Å². The van der Waals surface area contributed by atoms with Crippen LogP contribution in [0.15, 0.2) is 42.5 Å². The Balaban J connectivity index is 2.00. The van der Waals surface area contributed by atoms with Crippen LogP contribution in [-0.2, 0) is 24.3 Å². The molecule has 0 aliphatic carbocycles. The van der Waals surface area contributed by atoms with Crippen LogP contribution in [0.5, 0.6) is 0 Å². The number of anilines is 1. The Bertz CT molecular complexity index is 1710. The van der Waals surface area contributed by atoms with Gasteiger partial charge in [0.2, 0.25) is 5.82 Å². The zero-order valence-electron chi connectivity index (χ0n) is 24.4. The van der Waals surface area contributed by atoms with Crippen LogP contribution in [-0.4, -0.2) is 49.8 Å². The lowest BCUT2D eigenvalue weighted by molar-refractivity contribution is -0.141. The van der Waals surface area contributed by atoms with Crippen LogP contribution in [0.3, 0.4) is 0 Å². The van der Waals surface area contributed by atoms with E-state index in [-0.39, 0.29) is 32.9 Å². The Morgan fingerprint density at radius 3 is 2.34 bits per heavy atom. The Hall–Kier alpha value is -3.02. The quantitative estimate of drug-likeness (QED) is 0.111. The minimum absolute atomic E-state index is 0.0415. The molecule has 0 fully saturated rings. The number of hydrogen-bond acceptors (Lipinski definition) is 6. The topological polar surface area (TPSA) is 77.8 Å². The van der Waals surface area contributed by atoms with Gasteiger partial charge >= 0.3 is 6.18 Å². The lowest BCUT2D eigenvalue weighted by atomic mass is 9.94. The van der Waals surface area contributed by atoms with E-state index in [0.29, 0.717) is 28.1 Å². The molecule has 6 nitrogen and oxygen atoms in total. The van der Waals surface area contributed by atoms with Gasteiger partial charge in [0.25, 0.3) is 0 Å². The van der Waals surface area contributed by atoms with Gasteiger partial charge in [-0.25, -0.2) is 13.8 Å². The van der Waals surface area contributed by atoms with E-state index in [0.717, 1.165) is 10.7 Å². The summed E-state index contributed by atoms with van der Waals surface area (Å²) in [6, 6.07) is 8.95. The van der Waals surface area contributed by atoms with Crippen LogP contribution in [0, 0.1) is 23.5 Å². The monoisotopic (exact) mass is 669 g/mol. The minimum atomic E-state index is -4.64. The number of likely N-dealkylation sites (N-methyl/N-ethyl adjacent to an activating group) is 1. The molecule has 0 saturated carbocycles. The summed E-state index contributed by atoms with van der Waals surface area (Å²) in [5.74, 6) is 4.67. The molecule has 0 saturated heterocycles. The number of rotatable bonds is 9. The molecule has 2 unspecified atom stereocenters. The highest BCUT2D eigenvalue weighted by atomic mass is 35.5. The average molecular weight is 670 g/mol. The second-order valence-electron chi connectivity index (χ2n) is 10.4. The molecule has 44 heavy (non-hydrogen) atoms. The molecule has 2 N–H and O–H groups in total. The second-order valence-corrected chi connectivity index (χ2v) is 13.4. The van der Waals surface area contributed by atoms with Crippen LogP contribution in [0.4, 0.5) is 27.8 Å². The molecule has 0 amide bonds. The van der Waals surface area contributed by atoms with E-state index in [1.54, 1.807) is 37.0 Å².